The molecule has 0 radical (unpaired) electrons. The number of hydrogen-bond donors (Lipinski definition) is 9. The molecule has 3 aliphatic heterocycles. The Morgan fingerprint density at radius 1 is 0.662 bits per heavy atom. The molecule has 3 fully saturated rings. The van der Waals surface area contributed by atoms with E-state index in [1.54, 1.807) is 0 Å². The van der Waals surface area contributed by atoms with E-state index < -0.39 is 136 Å². The van der Waals surface area contributed by atoms with Crippen molar-refractivity contribution < 1.29 is 108 Å². The third-order valence-corrected chi connectivity index (χ3v) is 16.9. The topological polar surface area (TPSA) is 589 Å². The van der Waals surface area contributed by atoms with Crippen molar-refractivity contribution in [2.24, 2.45) is 7.05 Å². The summed E-state index contributed by atoms with van der Waals surface area (Å²) in [4.78, 5) is 106. The van der Waals surface area contributed by atoms with Gasteiger partial charge in [-0.3, -0.25) is 51.5 Å². The molecule has 3 aliphatic rings. The number of nitrogen functional groups attached to an aromatic ring is 4. The number of nitrogens with zero attached hydrogens (tertiary/aromatic N) is 10. The highest BCUT2D eigenvalue weighted by Gasteiger charge is 2.52. The van der Waals surface area contributed by atoms with E-state index >= 15 is 0 Å². The molecule has 9 heterocycles. The van der Waals surface area contributed by atoms with Gasteiger partial charge in [-0.1, -0.05) is 4.98 Å². The highest BCUT2D eigenvalue weighted by molar-refractivity contribution is 7.65. The molecule has 0 aliphatic carbocycles. The number of hydrogen-bond acceptors (Lipinski definition) is 34. The minimum Gasteiger partial charge on any atom is -0.756 e. The number of nitrogens with two attached hydrogens (primary N) is 4. The van der Waals surface area contributed by atoms with Crippen LogP contribution in [-0.2, 0) is 75.7 Å². The molecule has 16 atom stereocenters. The summed E-state index contributed by atoms with van der Waals surface area (Å²) in [6.07, 6.45) is -16.7. The Morgan fingerprint density at radius 3 is 1.86 bits per heavy atom. The van der Waals surface area contributed by atoms with Gasteiger partial charge in [0.2, 0.25) is 23.6 Å². The first-order valence-corrected chi connectivity index (χ1v) is 27.5. The molecule has 9 rings (SSSR count). The number of phosphoric acid groups is 4. The predicted molar refractivity (Wildman–Crippen MR) is 239 cm³/mol. The van der Waals surface area contributed by atoms with Crippen molar-refractivity contribution in [3.8, 4) is 0 Å². The van der Waals surface area contributed by atoms with Gasteiger partial charge in [0.05, 0.1) is 39.5 Å². The number of anilines is 4. The molecular formula is C33H43N16O24P4-3. The second-order valence-corrected chi connectivity index (χ2v) is 22.7. The maximum Gasteiger partial charge on any atom is 0.313 e. The zero-order valence-corrected chi connectivity index (χ0v) is 42.8. The Labute approximate surface area is 426 Å². The number of methoxy groups -OCH3 is 2. The van der Waals surface area contributed by atoms with Gasteiger partial charge >= 0.3 is 5.65 Å². The van der Waals surface area contributed by atoms with Crippen LogP contribution in [0.3, 0.4) is 0 Å². The molecule has 0 amide bonds. The maximum atomic E-state index is 13.6. The Bertz CT molecular complexity index is 3540. The molecule has 3 saturated heterocycles. The normalized spacial score (nSPS) is 30.0. The van der Waals surface area contributed by atoms with Crippen molar-refractivity contribution in [2.75, 3.05) is 57.0 Å². The first-order chi connectivity index (χ1) is 36.1. The van der Waals surface area contributed by atoms with Crippen LogP contribution in [0.5, 0.6) is 0 Å². The fourth-order valence-corrected chi connectivity index (χ4v) is 13.0. The van der Waals surface area contributed by atoms with Gasteiger partial charge < -0.3 is 99.6 Å². The number of phosphoric ester groups is 3. The summed E-state index contributed by atoms with van der Waals surface area (Å²) >= 11 is 0. The van der Waals surface area contributed by atoms with Crippen LogP contribution in [0.4, 0.5) is 23.7 Å². The summed E-state index contributed by atoms with van der Waals surface area (Å²) < 4.78 is 113. The first-order valence-electron chi connectivity index (χ1n) is 21.7. The monoisotopic (exact) mass is 1170 g/mol. The molecule has 6 aromatic rings. The van der Waals surface area contributed by atoms with Crippen molar-refractivity contribution >= 4 is 88.4 Å². The van der Waals surface area contributed by atoms with E-state index in [0.29, 0.717) is 0 Å². The molecule has 0 spiro atoms. The van der Waals surface area contributed by atoms with E-state index in [4.69, 9.17) is 60.2 Å². The standard InChI is InChI=1S/C33H46N16O24P4/c1-46-9-49(25-15(46)27(54)45-33(37)43-25)29-18(52)19(63-2)11(69-29)5-66-75(57,58)72-77(61,62)73-76(59,60)67-6-12-20(21(64-3)30(70-12)48-7-38-13-22(34)40-31(35)41-23(13)48)71-74(55,56)65-4-10-16(50)17(51)28(68-10)47-8-39-14-24(47)42-32(36)44-26(14)53/h7-12,16-21,28-30,50-52H,4-6H2,1-3H3,(H13-,34,35,36,37,40,41,42,43,44,45,53,54,55,56,57,58,59,60,61,62)/p-3/t10-,11-,12-,16+,17?,18+,19?,20+,21?,28-,29-,30-/m1/s1. The van der Waals surface area contributed by atoms with Gasteiger partial charge in [-0.2, -0.15) is 15.0 Å². The van der Waals surface area contributed by atoms with Crippen LogP contribution >= 0.6 is 31.3 Å². The fraction of sp³-hybridized carbons (Fsp3) is 0.545. The minimum atomic E-state index is -6.58. The Hall–Kier alpha value is -5.35. The fourth-order valence-electron chi connectivity index (χ4n) is 8.62. The quantitative estimate of drug-likeness (QED) is 0.0253. The average molecular weight is 1170 g/mol. The third kappa shape index (κ3) is 11.3. The summed E-state index contributed by atoms with van der Waals surface area (Å²) in [5.41, 5.74) is 21.0. The number of aromatic amines is 2. The molecular weight excluding hydrogens is 1130 g/mol. The zero-order valence-electron chi connectivity index (χ0n) is 39.3. The molecule has 77 heavy (non-hydrogen) atoms. The second kappa shape index (κ2) is 21.0. The lowest BCUT2D eigenvalue weighted by molar-refractivity contribution is -0.745. The molecule has 7 unspecified atom stereocenters. The van der Waals surface area contributed by atoms with Gasteiger partial charge in [-0.25, -0.2) is 23.2 Å². The van der Waals surface area contributed by atoms with E-state index in [2.05, 4.69) is 53.0 Å². The predicted octanol–water partition coefficient (Wildman–Crippen LogP) is -7.00. The summed E-state index contributed by atoms with van der Waals surface area (Å²) in [5.74, 6) is -1.22. The molecule has 13 N–H and O–H groups in total. The number of H-pyrrole nitrogens is 2. The largest absolute Gasteiger partial charge is 0.756 e. The van der Waals surface area contributed by atoms with Crippen LogP contribution in [-0.4, -0.2) is 158 Å². The number of nitrogens with one attached hydrogen (secondary N) is 2. The molecule has 6 aromatic heterocycles. The highest BCUT2D eigenvalue weighted by Crippen LogP contribution is 2.63. The lowest BCUT2D eigenvalue weighted by atomic mass is 10.1. The Kier molecular flexibility index (Phi) is 15.4. The van der Waals surface area contributed by atoms with Gasteiger partial charge in [-0.15, -0.1) is 0 Å². The van der Waals surface area contributed by atoms with E-state index in [9.17, 15) is 62.7 Å². The van der Waals surface area contributed by atoms with E-state index in [1.807, 2.05) is 0 Å². The molecule has 0 saturated carbocycles. The van der Waals surface area contributed by atoms with Crippen molar-refractivity contribution in [1.29, 1.82) is 0 Å². The summed E-state index contributed by atoms with van der Waals surface area (Å²) in [6.45, 7) is -3.62. The molecule has 40 nitrogen and oxygen atoms in total. The molecule has 44 heteroatoms. The highest BCUT2D eigenvalue weighted by atomic mass is 31.3. The average Bonchev–Trinajstić information content (AvgIpc) is 4.18. The van der Waals surface area contributed by atoms with Gasteiger partial charge in [0.25, 0.3) is 48.4 Å². The zero-order chi connectivity index (χ0) is 55.8. The number of aliphatic hydroxyl groups excluding tert-OH is 3. The number of aryl methyl sites for hydroxylation is 1. The number of rotatable bonds is 20. The van der Waals surface area contributed by atoms with Gasteiger partial charge in [0, 0.05) is 14.2 Å². The van der Waals surface area contributed by atoms with Crippen LogP contribution in [0.25, 0.3) is 33.5 Å². The third-order valence-electron chi connectivity index (χ3n) is 11.8. The van der Waals surface area contributed by atoms with Gasteiger partial charge in [-0.05, 0) is 0 Å². The number of aliphatic hydroxyl groups is 3. The van der Waals surface area contributed by atoms with Crippen LogP contribution in [0.15, 0.2) is 28.6 Å². The number of ether oxygens (including phenoxy) is 5. The number of fused-ring (bicyclic) bond motifs is 3. The molecule has 422 valence electrons. The van der Waals surface area contributed by atoms with E-state index in [1.165, 1.54) is 22.5 Å². The van der Waals surface area contributed by atoms with Crippen LogP contribution < -0.4 is 58.2 Å². The van der Waals surface area contributed by atoms with Crippen LogP contribution in [0.2, 0.25) is 0 Å². The minimum absolute atomic E-state index is 0.00660. The summed E-state index contributed by atoms with van der Waals surface area (Å²) in [7, 11) is -21.2. The Balaban J connectivity index is 0.874. The summed E-state index contributed by atoms with van der Waals surface area (Å²) in [5, 5.41) is 32.8. The van der Waals surface area contributed by atoms with E-state index in [-0.39, 0.29) is 57.2 Å². The van der Waals surface area contributed by atoms with E-state index in [0.717, 1.165) is 36.0 Å². The molecule has 0 aromatic carbocycles. The number of imidazole rings is 3. The summed E-state index contributed by atoms with van der Waals surface area (Å²) in [6, 6.07) is 0. The van der Waals surface area contributed by atoms with Crippen molar-refractivity contribution in [1.82, 2.24) is 53.6 Å². The number of aromatic nitrogens is 12. The van der Waals surface area contributed by atoms with Crippen LogP contribution in [0, 0.1) is 0 Å². The Morgan fingerprint density at radius 2 is 1.21 bits per heavy atom. The van der Waals surface area contributed by atoms with Crippen LogP contribution in [0.1, 0.15) is 18.7 Å². The smallest absolute Gasteiger partial charge is 0.313 e. The van der Waals surface area contributed by atoms with Gasteiger partial charge in [0.1, 0.15) is 60.5 Å². The lowest BCUT2D eigenvalue weighted by Gasteiger charge is -2.35. The van der Waals surface area contributed by atoms with Crippen molar-refractivity contribution in [3.63, 3.8) is 0 Å². The van der Waals surface area contributed by atoms with Gasteiger partial charge in [0.15, 0.2) is 41.4 Å². The van der Waals surface area contributed by atoms with Crippen molar-refractivity contribution in [2.45, 2.75) is 73.6 Å². The lowest BCUT2D eigenvalue weighted by Crippen LogP contribution is -2.46. The first kappa shape index (κ1) is 56.4. The van der Waals surface area contributed by atoms with Crippen molar-refractivity contribution in [3.05, 3.63) is 39.7 Å². The SMILES string of the molecule is COC1[C@@H](OP(=O)([O-])OC[C@H]2O[C@@H](n3cnc4c(=O)[nH]c(N)nc43)C(O)[C@H]2O)[C@@H](COP(=O)([O-])OP(=O)([O-])OP(=O)([O-])OC[C@H]2O[C@@H]([n+]3cn(C)c4c(=O)[nH]c(N)nc43)[C@@H](O)C2OC)O[C@H]1n1cnc2c(N)nc(N)nc21. The maximum absolute atomic E-state index is 13.6. The molecule has 0 bridgehead atoms. The second-order valence-electron chi connectivity index (χ2n) is 16.8.